The summed E-state index contributed by atoms with van der Waals surface area (Å²) in [5.74, 6) is -1.12. The first-order valence-corrected chi connectivity index (χ1v) is 8.18. The zero-order valence-electron chi connectivity index (χ0n) is 12.5. The Kier molecular flexibility index (Phi) is 5.69. The summed E-state index contributed by atoms with van der Waals surface area (Å²) in [4.78, 5) is 11.3. The zero-order valence-corrected chi connectivity index (χ0v) is 13.4. The molecule has 0 atom stereocenters. The van der Waals surface area contributed by atoms with E-state index < -0.39 is 16.0 Å². The van der Waals surface area contributed by atoms with Crippen molar-refractivity contribution in [3.63, 3.8) is 0 Å². The highest BCUT2D eigenvalue weighted by Gasteiger charge is 2.27. The molecule has 0 aliphatic carbocycles. The molecule has 0 aliphatic rings. The minimum Gasteiger partial charge on any atom is -0.478 e. The molecule has 0 spiro atoms. The highest BCUT2D eigenvalue weighted by Crippen LogP contribution is 2.22. The van der Waals surface area contributed by atoms with Crippen molar-refractivity contribution < 1.29 is 18.3 Å². The van der Waals surface area contributed by atoms with E-state index in [1.54, 1.807) is 19.9 Å². The van der Waals surface area contributed by atoms with E-state index in [2.05, 4.69) is 6.58 Å². The van der Waals surface area contributed by atoms with Crippen LogP contribution in [0.2, 0.25) is 0 Å². The number of hydrogen-bond donors (Lipinski definition) is 1. The lowest BCUT2D eigenvalue weighted by Gasteiger charge is -2.24. The topological polar surface area (TPSA) is 74.7 Å². The lowest BCUT2D eigenvalue weighted by molar-refractivity contribution is 0.0695. The molecule has 0 bridgehead atoms. The van der Waals surface area contributed by atoms with E-state index in [1.165, 1.54) is 22.5 Å². The Hall–Kier alpha value is -1.66. The molecule has 0 aliphatic heterocycles. The normalized spacial score (nSPS) is 11.9. The van der Waals surface area contributed by atoms with Gasteiger partial charge < -0.3 is 5.11 Å². The fourth-order valence-electron chi connectivity index (χ4n) is 2.07. The largest absolute Gasteiger partial charge is 0.478 e. The van der Waals surface area contributed by atoms with Gasteiger partial charge in [-0.05, 0) is 38.0 Å². The van der Waals surface area contributed by atoms with Crippen molar-refractivity contribution in [3.05, 3.63) is 42.0 Å². The fraction of sp³-hybridized carbons (Fsp3) is 0.400. The van der Waals surface area contributed by atoms with Crippen LogP contribution in [0.3, 0.4) is 0 Å². The highest BCUT2D eigenvalue weighted by molar-refractivity contribution is 7.89. The van der Waals surface area contributed by atoms with Crippen LogP contribution in [0, 0.1) is 0 Å². The maximum Gasteiger partial charge on any atom is 0.336 e. The van der Waals surface area contributed by atoms with E-state index in [4.69, 9.17) is 0 Å². The standard InChI is InChI=1S/C15H21NO4S/c1-5-9-16(11(3)4)21(19,20)13-8-7-12(6-2)14(10-13)15(17)18/h5,7-8,10-11H,1,6,9H2,2-4H3,(H,17,18). The molecule has 1 aromatic carbocycles. The number of nitrogens with zero attached hydrogens (tertiary/aromatic N) is 1. The number of carboxylic acid groups (broad SMARTS) is 1. The van der Waals surface area contributed by atoms with Crippen LogP contribution in [0.25, 0.3) is 0 Å². The number of benzene rings is 1. The lowest BCUT2D eigenvalue weighted by atomic mass is 10.1. The van der Waals surface area contributed by atoms with Gasteiger partial charge in [-0.2, -0.15) is 4.31 Å². The molecular weight excluding hydrogens is 290 g/mol. The number of sulfonamides is 1. The molecule has 5 nitrogen and oxygen atoms in total. The zero-order chi connectivity index (χ0) is 16.2. The molecule has 1 rings (SSSR count). The molecule has 0 heterocycles. The summed E-state index contributed by atoms with van der Waals surface area (Å²) in [6.45, 7) is 9.10. The first kappa shape index (κ1) is 17.4. The molecule has 1 aromatic rings. The minimum absolute atomic E-state index is 0.00681. The molecule has 116 valence electrons. The Morgan fingerprint density at radius 1 is 1.43 bits per heavy atom. The Morgan fingerprint density at radius 2 is 2.05 bits per heavy atom. The molecule has 0 amide bonds. The molecule has 1 N–H and O–H groups in total. The van der Waals surface area contributed by atoms with E-state index >= 15 is 0 Å². The third-order valence-electron chi connectivity index (χ3n) is 3.18. The van der Waals surface area contributed by atoms with E-state index in [1.807, 2.05) is 6.92 Å². The summed E-state index contributed by atoms with van der Waals surface area (Å²) in [5, 5.41) is 9.21. The van der Waals surface area contributed by atoms with Crippen LogP contribution < -0.4 is 0 Å². The van der Waals surface area contributed by atoms with Crippen molar-refractivity contribution in [1.29, 1.82) is 0 Å². The van der Waals surface area contributed by atoms with Gasteiger partial charge in [-0.25, -0.2) is 13.2 Å². The van der Waals surface area contributed by atoms with E-state index in [0.29, 0.717) is 12.0 Å². The van der Waals surface area contributed by atoms with Crippen LogP contribution in [0.4, 0.5) is 0 Å². The summed E-state index contributed by atoms with van der Waals surface area (Å²) in [6.07, 6.45) is 2.04. The van der Waals surface area contributed by atoms with Crippen molar-refractivity contribution in [2.24, 2.45) is 0 Å². The van der Waals surface area contributed by atoms with Crippen LogP contribution >= 0.6 is 0 Å². The molecule has 0 radical (unpaired) electrons. The second kappa shape index (κ2) is 6.87. The molecule has 21 heavy (non-hydrogen) atoms. The summed E-state index contributed by atoms with van der Waals surface area (Å²) in [5.41, 5.74) is 0.641. The maximum absolute atomic E-state index is 12.6. The van der Waals surface area contributed by atoms with Crippen molar-refractivity contribution in [2.45, 2.75) is 38.1 Å². The lowest BCUT2D eigenvalue weighted by Crippen LogP contribution is -2.37. The van der Waals surface area contributed by atoms with E-state index in [9.17, 15) is 18.3 Å². The predicted octanol–water partition coefficient (Wildman–Crippen LogP) is 2.53. The number of aromatic carboxylic acids is 1. The smallest absolute Gasteiger partial charge is 0.336 e. The summed E-state index contributed by atoms with van der Waals surface area (Å²) < 4.78 is 26.5. The average Bonchev–Trinajstić information content (AvgIpc) is 2.43. The SMILES string of the molecule is C=CCN(C(C)C)S(=O)(=O)c1ccc(CC)c(C(=O)O)c1. The Labute approximate surface area is 126 Å². The second-order valence-electron chi connectivity index (χ2n) is 4.93. The average molecular weight is 311 g/mol. The van der Waals surface area contributed by atoms with Crippen molar-refractivity contribution in [3.8, 4) is 0 Å². The predicted molar refractivity (Wildman–Crippen MR) is 82.0 cm³/mol. The summed E-state index contributed by atoms with van der Waals surface area (Å²) in [6, 6.07) is 4.00. The number of carboxylic acids is 1. The number of carbonyl (C=O) groups is 1. The fourth-order valence-corrected chi connectivity index (χ4v) is 3.71. The van der Waals surface area contributed by atoms with Crippen molar-refractivity contribution in [1.82, 2.24) is 4.31 Å². The number of hydrogen-bond acceptors (Lipinski definition) is 3. The van der Waals surface area contributed by atoms with Crippen molar-refractivity contribution >= 4 is 16.0 Å². The van der Waals surface area contributed by atoms with Gasteiger partial charge in [0.1, 0.15) is 0 Å². The molecule has 0 aromatic heterocycles. The summed E-state index contributed by atoms with van der Waals surface area (Å²) in [7, 11) is -3.74. The Balaban J connectivity index is 3.41. The van der Waals surface area contributed by atoms with Gasteiger partial charge >= 0.3 is 5.97 Å². The summed E-state index contributed by atoms with van der Waals surface area (Å²) >= 11 is 0. The van der Waals surface area contributed by atoms with Gasteiger partial charge in [-0.15, -0.1) is 6.58 Å². The van der Waals surface area contributed by atoms with Crippen LogP contribution in [0.1, 0.15) is 36.7 Å². The molecule has 0 saturated heterocycles. The first-order valence-electron chi connectivity index (χ1n) is 6.74. The number of aryl methyl sites for hydroxylation is 1. The maximum atomic E-state index is 12.6. The Bertz CT molecular complexity index is 635. The van der Waals surface area contributed by atoms with Gasteiger partial charge in [0.2, 0.25) is 10.0 Å². The van der Waals surface area contributed by atoms with Crippen LogP contribution in [-0.4, -0.2) is 36.4 Å². The van der Waals surface area contributed by atoms with Crippen LogP contribution in [-0.2, 0) is 16.4 Å². The highest BCUT2D eigenvalue weighted by atomic mass is 32.2. The first-order chi connectivity index (χ1) is 9.75. The van der Waals surface area contributed by atoms with Crippen LogP contribution in [0.5, 0.6) is 0 Å². The van der Waals surface area contributed by atoms with E-state index in [-0.39, 0.29) is 23.0 Å². The van der Waals surface area contributed by atoms with Gasteiger partial charge in [0.15, 0.2) is 0 Å². The number of rotatable bonds is 7. The van der Waals surface area contributed by atoms with Crippen LogP contribution in [0.15, 0.2) is 35.7 Å². The molecular formula is C15H21NO4S. The third-order valence-corrected chi connectivity index (χ3v) is 5.22. The van der Waals surface area contributed by atoms with Gasteiger partial charge in [-0.3, -0.25) is 0 Å². The molecule has 0 saturated carbocycles. The second-order valence-corrected chi connectivity index (χ2v) is 6.83. The minimum atomic E-state index is -3.74. The van der Waals surface area contributed by atoms with Gasteiger partial charge in [-0.1, -0.05) is 19.1 Å². The van der Waals surface area contributed by atoms with Gasteiger partial charge in [0, 0.05) is 12.6 Å². The quantitative estimate of drug-likeness (QED) is 0.785. The third kappa shape index (κ3) is 3.71. The molecule has 0 fully saturated rings. The van der Waals surface area contributed by atoms with E-state index in [0.717, 1.165) is 0 Å². The molecule has 6 heteroatoms. The van der Waals surface area contributed by atoms with Gasteiger partial charge in [0.25, 0.3) is 0 Å². The Morgan fingerprint density at radius 3 is 2.48 bits per heavy atom. The monoisotopic (exact) mass is 311 g/mol. The van der Waals surface area contributed by atoms with Gasteiger partial charge in [0.05, 0.1) is 10.5 Å². The molecule has 0 unspecified atom stereocenters. The van der Waals surface area contributed by atoms with Crippen molar-refractivity contribution in [2.75, 3.05) is 6.54 Å².